The third kappa shape index (κ3) is 5.04. The van der Waals surface area contributed by atoms with Gasteiger partial charge in [-0.15, -0.1) is 0 Å². The first-order chi connectivity index (χ1) is 7.06. The van der Waals surface area contributed by atoms with E-state index in [4.69, 9.17) is 32.7 Å². The van der Waals surface area contributed by atoms with Gasteiger partial charge in [-0.05, 0) is 19.1 Å². The summed E-state index contributed by atoms with van der Waals surface area (Å²) in [6, 6.07) is 8.50. The predicted octanol–water partition coefficient (Wildman–Crippen LogP) is 2.11. The minimum absolute atomic E-state index is 0. The van der Waals surface area contributed by atoms with Crippen molar-refractivity contribution in [3.63, 3.8) is 0 Å². The molecule has 0 saturated carbocycles. The molecule has 0 N–H and O–H groups in total. The molecule has 0 amide bonds. The van der Waals surface area contributed by atoms with Crippen molar-refractivity contribution < 1.29 is 14.3 Å². The van der Waals surface area contributed by atoms with Gasteiger partial charge >= 0.3 is 40.0 Å². The molecule has 0 aliphatic rings. The third-order valence-corrected chi connectivity index (χ3v) is 2.04. The van der Waals surface area contributed by atoms with Crippen LogP contribution in [-0.2, 0) is 9.53 Å². The quantitative estimate of drug-likeness (QED) is 0.365. The fraction of sp³-hybridized carbons (Fsp3) is 0.300. The number of esters is 1. The molecule has 0 saturated heterocycles. The number of alkyl halides is 2. The average Bonchev–Trinajstić information content (AvgIpc) is 2.19. The van der Waals surface area contributed by atoms with Crippen LogP contribution in [0.1, 0.15) is 6.92 Å². The van der Waals surface area contributed by atoms with E-state index in [0.29, 0.717) is 5.75 Å². The summed E-state index contributed by atoms with van der Waals surface area (Å²) in [5.41, 5.74) is 0. The maximum atomic E-state index is 11.4. The van der Waals surface area contributed by atoms with E-state index in [0.717, 1.165) is 0 Å². The standard InChI is InChI=1S/C10H10Cl2O3.Na.H/c1-2-14-10(11,12)9(13)15-8-6-4-3-5-7-8;;/h3-7H,2H2,1H3;;. The van der Waals surface area contributed by atoms with Crippen LogP contribution in [0.2, 0.25) is 0 Å². The molecule has 0 radical (unpaired) electrons. The fourth-order valence-corrected chi connectivity index (χ4v) is 1.19. The van der Waals surface area contributed by atoms with Crippen LogP contribution < -0.4 is 4.74 Å². The molecule has 0 unspecified atom stereocenters. The molecule has 1 aromatic rings. The number of hydrogen-bond donors (Lipinski definition) is 0. The summed E-state index contributed by atoms with van der Waals surface area (Å²) in [7, 11) is 0. The molecule has 1 aromatic carbocycles. The second-order valence-corrected chi connectivity index (χ2v) is 3.91. The zero-order chi connectivity index (χ0) is 11.3. The molecular weight excluding hydrogens is 262 g/mol. The molecule has 0 spiro atoms. The van der Waals surface area contributed by atoms with Gasteiger partial charge < -0.3 is 9.47 Å². The molecule has 0 aliphatic carbocycles. The topological polar surface area (TPSA) is 35.5 Å². The van der Waals surface area contributed by atoms with Crippen molar-refractivity contribution in [3.05, 3.63) is 30.3 Å². The van der Waals surface area contributed by atoms with Crippen LogP contribution in [0.4, 0.5) is 0 Å². The Morgan fingerprint density at radius 2 is 1.88 bits per heavy atom. The number of rotatable bonds is 4. The molecule has 0 aliphatic heterocycles. The van der Waals surface area contributed by atoms with Crippen molar-refractivity contribution in [1.82, 2.24) is 0 Å². The van der Waals surface area contributed by atoms with Crippen LogP contribution in [0.5, 0.6) is 5.75 Å². The van der Waals surface area contributed by atoms with E-state index in [-0.39, 0.29) is 36.2 Å². The second-order valence-electron chi connectivity index (χ2n) is 2.65. The Labute approximate surface area is 126 Å². The molecule has 6 heteroatoms. The number of para-hydroxylation sites is 1. The Morgan fingerprint density at radius 3 is 2.38 bits per heavy atom. The van der Waals surface area contributed by atoms with Crippen molar-refractivity contribution in [2.75, 3.05) is 6.61 Å². The number of benzene rings is 1. The summed E-state index contributed by atoms with van der Waals surface area (Å²) in [6.45, 7) is 1.90. The Hall–Kier alpha value is 0.230. The molecule has 1 rings (SSSR count). The third-order valence-electron chi connectivity index (χ3n) is 1.52. The summed E-state index contributed by atoms with van der Waals surface area (Å²) in [6.07, 6.45) is 0. The Morgan fingerprint density at radius 1 is 1.31 bits per heavy atom. The van der Waals surface area contributed by atoms with Gasteiger partial charge in [-0.3, -0.25) is 0 Å². The van der Waals surface area contributed by atoms with Crippen LogP contribution in [0.3, 0.4) is 0 Å². The summed E-state index contributed by atoms with van der Waals surface area (Å²) in [5.74, 6) is -0.480. The Balaban J connectivity index is 0.00000225. The van der Waals surface area contributed by atoms with Gasteiger partial charge in [0.25, 0.3) is 0 Å². The van der Waals surface area contributed by atoms with Crippen molar-refractivity contribution in [2.45, 2.75) is 11.4 Å². The van der Waals surface area contributed by atoms with Crippen LogP contribution in [0, 0.1) is 0 Å². The molecule has 0 atom stereocenters. The van der Waals surface area contributed by atoms with Gasteiger partial charge in [0.05, 0.1) is 0 Å². The first kappa shape index (κ1) is 16.2. The van der Waals surface area contributed by atoms with Gasteiger partial charge in [-0.2, -0.15) is 0 Å². The van der Waals surface area contributed by atoms with Gasteiger partial charge in [-0.25, -0.2) is 4.79 Å². The van der Waals surface area contributed by atoms with E-state index < -0.39 is 10.5 Å². The number of carbonyl (C=O) groups is 1. The zero-order valence-corrected chi connectivity index (χ0v) is 9.59. The van der Waals surface area contributed by atoms with Crippen LogP contribution >= 0.6 is 23.2 Å². The van der Waals surface area contributed by atoms with Crippen LogP contribution in [0.15, 0.2) is 30.3 Å². The van der Waals surface area contributed by atoms with E-state index >= 15 is 0 Å². The van der Waals surface area contributed by atoms with Gasteiger partial charge in [0.1, 0.15) is 5.75 Å². The summed E-state index contributed by atoms with van der Waals surface area (Å²) in [5, 5.41) is 0. The van der Waals surface area contributed by atoms with Gasteiger partial charge in [0.15, 0.2) is 0 Å². The zero-order valence-electron chi connectivity index (χ0n) is 8.07. The number of halogens is 2. The molecule has 16 heavy (non-hydrogen) atoms. The molecule has 0 heterocycles. The molecule has 84 valence electrons. The first-order valence-electron chi connectivity index (χ1n) is 4.35. The van der Waals surface area contributed by atoms with Gasteiger partial charge in [-0.1, -0.05) is 41.4 Å². The summed E-state index contributed by atoms with van der Waals surface area (Å²) in [4.78, 5) is 11.4. The van der Waals surface area contributed by atoms with Crippen LogP contribution in [-0.4, -0.2) is 46.7 Å². The van der Waals surface area contributed by atoms with Gasteiger partial charge in [0, 0.05) is 6.61 Å². The molecule has 0 aromatic heterocycles. The molecular formula is C10H11Cl2NaO3. The summed E-state index contributed by atoms with van der Waals surface area (Å²) < 4.78 is 7.77. The fourth-order valence-electron chi connectivity index (χ4n) is 0.895. The van der Waals surface area contributed by atoms with Gasteiger partial charge in [0.2, 0.25) is 0 Å². The number of hydrogen-bond acceptors (Lipinski definition) is 3. The van der Waals surface area contributed by atoms with E-state index in [1.54, 1.807) is 37.3 Å². The SMILES string of the molecule is CCOC(Cl)(Cl)C(=O)Oc1ccccc1.[NaH]. The van der Waals surface area contributed by atoms with E-state index in [9.17, 15) is 4.79 Å². The van der Waals surface area contributed by atoms with E-state index in [1.807, 2.05) is 0 Å². The van der Waals surface area contributed by atoms with Crippen molar-refractivity contribution in [3.8, 4) is 5.75 Å². The Kier molecular flexibility index (Phi) is 7.64. The molecule has 0 fully saturated rings. The number of carbonyl (C=O) groups excluding carboxylic acids is 1. The number of ether oxygens (including phenoxy) is 2. The Bertz CT molecular complexity index is 330. The summed E-state index contributed by atoms with van der Waals surface area (Å²) >= 11 is 11.2. The maximum absolute atomic E-state index is 11.4. The monoisotopic (exact) mass is 272 g/mol. The normalized spacial score (nSPS) is 10.4. The van der Waals surface area contributed by atoms with Crippen molar-refractivity contribution >= 4 is 58.7 Å². The van der Waals surface area contributed by atoms with Crippen molar-refractivity contribution in [2.24, 2.45) is 0 Å². The average molecular weight is 273 g/mol. The predicted molar refractivity (Wildman–Crippen MR) is 65.3 cm³/mol. The minimum atomic E-state index is -1.95. The van der Waals surface area contributed by atoms with Crippen molar-refractivity contribution in [1.29, 1.82) is 0 Å². The molecule has 3 nitrogen and oxygen atoms in total. The van der Waals surface area contributed by atoms with Crippen LogP contribution in [0.25, 0.3) is 0 Å². The first-order valence-corrected chi connectivity index (χ1v) is 5.11. The van der Waals surface area contributed by atoms with E-state index in [1.165, 1.54) is 0 Å². The van der Waals surface area contributed by atoms with E-state index in [2.05, 4.69) is 0 Å². The molecule has 0 bridgehead atoms. The second kappa shape index (κ2) is 7.54.